The lowest BCUT2D eigenvalue weighted by Crippen LogP contribution is -2.36. The summed E-state index contributed by atoms with van der Waals surface area (Å²) in [7, 11) is 0. The number of unbranched alkanes of at least 4 members (excludes halogenated alkanes) is 5. The molecule has 2 fully saturated rings. The van der Waals surface area contributed by atoms with Gasteiger partial charge in [0.15, 0.2) is 0 Å². The van der Waals surface area contributed by atoms with Crippen LogP contribution in [0.4, 0.5) is 4.79 Å². The predicted molar refractivity (Wildman–Crippen MR) is 118 cm³/mol. The number of Topliss-reactive ketones (excluding diaryl/α,β-unsaturated/α-hetero) is 1. The highest BCUT2D eigenvalue weighted by molar-refractivity contribution is 8.00. The molecule has 3 N–H and O–H groups in total. The molecule has 0 bridgehead atoms. The summed E-state index contributed by atoms with van der Waals surface area (Å²) in [5.41, 5.74) is 0. The normalized spacial score (nSPS) is 23.2. The maximum atomic E-state index is 11.9. The van der Waals surface area contributed by atoms with Gasteiger partial charge < -0.3 is 16.0 Å². The van der Waals surface area contributed by atoms with Gasteiger partial charge in [0.25, 0.3) is 0 Å². The zero-order valence-corrected chi connectivity index (χ0v) is 18.4. The second-order valence-electron chi connectivity index (χ2n) is 7.75. The Balaban J connectivity index is 1.37. The van der Waals surface area contributed by atoms with Gasteiger partial charge in [-0.05, 0) is 31.4 Å². The SMILES string of the molecule is O=C(CCS)CCCCCCCNC(=O)CCCCC1SC[C@@H]2NC(=O)N[C@H]12. The Kier molecular flexibility index (Phi) is 11.2. The maximum Gasteiger partial charge on any atom is 0.315 e. The van der Waals surface area contributed by atoms with Crippen molar-refractivity contribution in [2.45, 2.75) is 88.0 Å². The molecule has 6 nitrogen and oxygen atoms in total. The summed E-state index contributed by atoms with van der Waals surface area (Å²) >= 11 is 5.99. The quantitative estimate of drug-likeness (QED) is 0.183. The summed E-state index contributed by atoms with van der Waals surface area (Å²) in [5.74, 6) is 2.10. The van der Waals surface area contributed by atoms with Gasteiger partial charge in [-0.3, -0.25) is 9.59 Å². The van der Waals surface area contributed by atoms with Crippen LogP contribution in [0.5, 0.6) is 0 Å². The van der Waals surface area contributed by atoms with E-state index >= 15 is 0 Å². The van der Waals surface area contributed by atoms with E-state index < -0.39 is 0 Å². The van der Waals surface area contributed by atoms with Crippen LogP contribution in [0, 0.1) is 0 Å². The zero-order valence-electron chi connectivity index (χ0n) is 16.7. The zero-order chi connectivity index (χ0) is 20.2. The van der Waals surface area contributed by atoms with Gasteiger partial charge in [-0.1, -0.05) is 25.7 Å². The van der Waals surface area contributed by atoms with Crippen molar-refractivity contribution in [3.8, 4) is 0 Å². The van der Waals surface area contributed by atoms with Crippen LogP contribution in [0.1, 0.15) is 70.6 Å². The molecule has 0 spiro atoms. The number of fused-ring (bicyclic) bond motifs is 1. The molecule has 0 aromatic rings. The largest absolute Gasteiger partial charge is 0.356 e. The number of ketones is 1. The molecule has 8 heteroatoms. The minimum Gasteiger partial charge on any atom is -0.356 e. The monoisotopic (exact) mass is 429 g/mol. The van der Waals surface area contributed by atoms with E-state index in [9.17, 15) is 14.4 Å². The highest BCUT2D eigenvalue weighted by Crippen LogP contribution is 2.33. The van der Waals surface area contributed by atoms with Gasteiger partial charge in [-0.15, -0.1) is 0 Å². The van der Waals surface area contributed by atoms with Crippen molar-refractivity contribution in [2.75, 3.05) is 18.1 Å². The van der Waals surface area contributed by atoms with Crippen molar-refractivity contribution in [3.63, 3.8) is 0 Å². The van der Waals surface area contributed by atoms with Crippen LogP contribution in [0.15, 0.2) is 0 Å². The van der Waals surface area contributed by atoms with E-state index in [-0.39, 0.29) is 24.0 Å². The van der Waals surface area contributed by atoms with E-state index in [0.29, 0.717) is 36.0 Å². The summed E-state index contributed by atoms with van der Waals surface area (Å²) in [6, 6.07) is 0.494. The number of nitrogens with one attached hydrogen (secondary N) is 3. The summed E-state index contributed by atoms with van der Waals surface area (Å²) in [6.07, 6.45) is 10.1. The fourth-order valence-corrected chi connectivity index (χ4v) is 5.61. The van der Waals surface area contributed by atoms with Gasteiger partial charge >= 0.3 is 6.03 Å². The van der Waals surface area contributed by atoms with Crippen LogP contribution < -0.4 is 16.0 Å². The fraction of sp³-hybridized carbons (Fsp3) is 0.850. The molecule has 2 aliphatic heterocycles. The minimum absolute atomic E-state index is 0.0401. The maximum absolute atomic E-state index is 11.9. The lowest BCUT2D eigenvalue weighted by Gasteiger charge is -2.16. The van der Waals surface area contributed by atoms with Crippen LogP contribution in [0.2, 0.25) is 0 Å². The van der Waals surface area contributed by atoms with Gasteiger partial charge in [-0.2, -0.15) is 24.4 Å². The first-order chi connectivity index (χ1) is 13.6. The van der Waals surface area contributed by atoms with Crippen molar-refractivity contribution in [1.29, 1.82) is 0 Å². The first kappa shape index (κ1) is 23.4. The second kappa shape index (κ2) is 13.4. The van der Waals surface area contributed by atoms with E-state index in [1.54, 1.807) is 0 Å². The van der Waals surface area contributed by atoms with Crippen molar-refractivity contribution >= 4 is 42.1 Å². The first-order valence-corrected chi connectivity index (χ1v) is 12.4. The first-order valence-electron chi connectivity index (χ1n) is 10.7. The van der Waals surface area contributed by atoms with E-state index in [2.05, 4.69) is 28.6 Å². The Morgan fingerprint density at radius 2 is 1.75 bits per heavy atom. The number of hydrogen-bond acceptors (Lipinski definition) is 5. The van der Waals surface area contributed by atoms with E-state index in [4.69, 9.17) is 0 Å². The van der Waals surface area contributed by atoms with Crippen molar-refractivity contribution < 1.29 is 14.4 Å². The molecule has 2 rings (SSSR count). The molecule has 2 aliphatic rings. The third kappa shape index (κ3) is 8.64. The van der Waals surface area contributed by atoms with Gasteiger partial charge in [0.1, 0.15) is 5.78 Å². The number of amides is 3. The Morgan fingerprint density at radius 3 is 2.57 bits per heavy atom. The molecule has 3 amide bonds. The molecule has 0 aromatic carbocycles. The highest BCUT2D eigenvalue weighted by atomic mass is 32.2. The molecule has 0 radical (unpaired) electrons. The molecular weight excluding hydrogens is 394 g/mol. The standard InChI is InChI=1S/C20H35N3O3S2/c24-15(11-13-27)8-4-2-1-3-7-12-21-18(25)10-6-5-9-17-19-16(14-28-17)22-20(26)23-19/h16-17,19,27H,1-14H2,(H,21,25)(H2,22,23,26)/t16-,17?,19-/m0/s1. The van der Waals surface area contributed by atoms with Crippen LogP contribution in [0.25, 0.3) is 0 Å². The third-order valence-corrected chi connectivity index (χ3v) is 7.16. The van der Waals surface area contributed by atoms with Gasteiger partial charge in [0.05, 0.1) is 12.1 Å². The Hall–Kier alpha value is -0.890. The molecule has 2 heterocycles. The number of rotatable bonds is 15. The average molecular weight is 430 g/mol. The molecule has 28 heavy (non-hydrogen) atoms. The van der Waals surface area contributed by atoms with Crippen LogP contribution in [0.3, 0.4) is 0 Å². The average Bonchev–Trinajstić information content (AvgIpc) is 3.20. The fourth-order valence-electron chi connectivity index (χ4n) is 3.82. The number of hydrogen-bond donors (Lipinski definition) is 4. The molecule has 0 aromatic heterocycles. The van der Waals surface area contributed by atoms with Crippen LogP contribution >= 0.6 is 24.4 Å². The summed E-state index contributed by atoms with van der Waals surface area (Å²) in [6.45, 7) is 0.747. The second-order valence-corrected chi connectivity index (χ2v) is 9.47. The topological polar surface area (TPSA) is 87.3 Å². The van der Waals surface area contributed by atoms with E-state index in [1.807, 2.05) is 11.8 Å². The molecule has 0 saturated carbocycles. The lowest BCUT2D eigenvalue weighted by atomic mass is 10.0. The molecule has 1 unspecified atom stereocenters. The molecular formula is C20H35N3O3S2. The van der Waals surface area contributed by atoms with E-state index in [1.165, 1.54) is 0 Å². The number of carbonyl (C=O) groups is 3. The van der Waals surface area contributed by atoms with Gasteiger partial charge in [-0.25, -0.2) is 4.79 Å². The molecule has 3 atom stereocenters. The number of carbonyl (C=O) groups excluding carboxylic acids is 3. The molecule has 160 valence electrons. The molecule has 2 saturated heterocycles. The van der Waals surface area contributed by atoms with Crippen LogP contribution in [-0.2, 0) is 9.59 Å². The van der Waals surface area contributed by atoms with Crippen molar-refractivity contribution in [3.05, 3.63) is 0 Å². The summed E-state index contributed by atoms with van der Waals surface area (Å²) in [4.78, 5) is 34.7. The Bertz CT molecular complexity index is 519. The number of urea groups is 1. The van der Waals surface area contributed by atoms with Crippen LogP contribution in [-0.4, -0.2) is 53.1 Å². The van der Waals surface area contributed by atoms with Crippen molar-refractivity contribution in [1.82, 2.24) is 16.0 Å². The lowest BCUT2D eigenvalue weighted by molar-refractivity contribution is -0.121. The Labute approximate surface area is 178 Å². The number of thiol groups is 1. The summed E-state index contributed by atoms with van der Waals surface area (Å²) in [5, 5.41) is 9.44. The smallest absolute Gasteiger partial charge is 0.315 e. The van der Waals surface area contributed by atoms with Crippen molar-refractivity contribution in [2.24, 2.45) is 0 Å². The molecule has 0 aliphatic carbocycles. The summed E-state index contributed by atoms with van der Waals surface area (Å²) < 4.78 is 0. The van der Waals surface area contributed by atoms with E-state index in [0.717, 1.165) is 63.7 Å². The number of thioether (sulfide) groups is 1. The van der Waals surface area contributed by atoms with Gasteiger partial charge in [0.2, 0.25) is 5.91 Å². The van der Waals surface area contributed by atoms with Gasteiger partial charge in [0, 0.05) is 36.8 Å². The Morgan fingerprint density at radius 1 is 1.00 bits per heavy atom. The highest BCUT2D eigenvalue weighted by Gasteiger charge is 2.42. The predicted octanol–water partition coefficient (Wildman–Crippen LogP) is 3.06. The third-order valence-electron chi connectivity index (χ3n) is 5.43. The minimum atomic E-state index is -0.0401.